The van der Waals surface area contributed by atoms with Crippen molar-refractivity contribution in [1.29, 1.82) is 0 Å². The van der Waals surface area contributed by atoms with Crippen LogP contribution >= 0.6 is 0 Å². The summed E-state index contributed by atoms with van der Waals surface area (Å²) in [7, 11) is 1.67. The number of nitrogens with one attached hydrogen (secondary N) is 1. The number of aryl methyl sites for hydroxylation is 1. The third kappa shape index (κ3) is 7.11. The maximum atomic E-state index is 10.5. The van der Waals surface area contributed by atoms with Gasteiger partial charge in [-0.3, -0.25) is 4.79 Å². The highest BCUT2D eigenvalue weighted by molar-refractivity contribution is 5.74. The van der Waals surface area contributed by atoms with Crippen LogP contribution in [0.1, 0.15) is 18.9 Å². The van der Waals surface area contributed by atoms with E-state index in [2.05, 4.69) is 24.4 Å². The summed E-state index contributed by atoms with van der Waals surface area (Å²) >= 11 is 0. The average molecular weight is 280 g/mol. The highest BCUT2D eigenvalue weighted by Crippen LogP contribution is 2.13. The molecule has 1 aromatic rings. The van der Waals surface area contributed by atoms with Crippen molar-refractivity contribution >= 4 is 5.91 Å². The monoisotopic (exact) mass is 280 g/mol. The van der Waals surface area contributed by atoms with Crippen molar-refractivity contribution in [3.8, 4) is 5.75 Å². The van der Waals surface area contributed by atoms with Crippen molar-refractivity contribution in [1.82, 2.24) is 5.32 Å². The van der Waals surface area contributed by atoms with Crippen molar-refractivity contribution < 1.29 is 14.3 Å². The van der Waals surface area contributed by atoms with Crippen LogP contribution in [0.2, 0.25) is 0 Å². The van der Waals surface area contributed by atoms with E-state index in [1.807, 2.05) is 12.1 Å². The average Bonchev–Trinajstić information content (AvgIpc) is 2.45. The van der Waals surface area contributed by atoms with Crippen LogP contribution in [-0.2, 0) is 16.0 Å². The van der Waals surface area contributed by atoms with Crippen molar-refractivity contribution in [2.75, 3.05) is 26.9 Å². The molecule has 1 amide bonds. The minimum Gasteiger partial charge on any atom is -0.497 e. The Bertz CT molecular complexity index is 393. The molecule has 0 bridgehead atoms. The smallest absolute Gasteiger partial charge is 0.243 e. The number of methoxy groups -OCH3 is 1. The molecule has 20 heavy (non-hydrogen) atoms. The highest BCUT2D eigenvalue weighted by atomic mass is 16.5. The second-order valence-electron chi connectivity index (χ2n) is 4.76. The molecule has 0 saturated heterocycles. The lowest BCUT2D eigenvalue weighted by Crippen LogP contribution is -2.31. The predicted octanol–water partition coefficient (Wildman–Crippen LogP) is 1.11. The molecule has 0 spiro atoms. The molecular formula is C15H24N2O3. The summed E-state index contributed by atoms with van der Waals surface area (Å²) in [6, 6.07) is 8.52. The zero-order valence-electron chi connectivity index (χ0n) is 12.2. The molecule has 5 heteroatoms. The van der Waals surface area contributed by atoms with Crippen LogP contribution in [0.4, 0.5) is 0 Å². The number of benzene rings is 1. The van der Waals surface area contributed by atoms with Crippen molar-refractivity contribution in [2.45, 2.75) is 25.8 Å². The summed E-state index contributed by atoms with van der Waals surface area (Å²) < 4.78 is 10.2. The summed E-state index contributed by atoms with van der Waals surface area (Å²) in [6.07, 6.45) is 2.06. The lowest BCUT2D eigenvalue weighted by Gasteiger charge is -2.13. The van der Waals surface area contributed by atoms with Gasteiger partial charge in [-0.2, -0.15) is 0 Å². The lowest BCUT2D eigenvalue weighted by atomic mass is 10.1. The van der Waals surface area contributed by atoms with Gasteiger partial charge in [0.25, 0.3) is 0 Å². The fourth-order valence-corrected chi connectivity index (χ4v) is 1.83. The Hall–Kier alpha value is -1.59. The van der Waals surface area contributed by atoms with Crippen LogP contribution in [0.25, 0.3) is 0 Å². The molecule has 3 N–H and O–H groups in total. The van der Waals surface area contributed by atoms with Crippen LogP contribution in [0.3, 0.4) is 0 Å². The minimum absolute atomic E-state index is 0.0120. The minimum atomic E-state index is -0.433. The van der Waals surface area contributed by atoms with E-state index in [9.17, 15) is 4.79 Å². The van der Waals surface area contributed by atoms with Crippen LogP contribution in [0, 0.1) is 0 Å². The Labute approximate surface area is 120 Å². The summed E-state index contributed by atoms with van der Waals surface area (Å²) in [4.78, 5) is 10.5. The Morgan fingerprint density at radius 2 is 2.05 bits per heavy atom. The first-order valence-corrected chi connectivity index (χ1v) is 6.84. The van der Waals surface area contributed by atoms with Crippen LogP contribution in [-0.4, -0.2) is 38.8 Å². The van der Waals surface area contributed by atoms with E-state index in [0.717, 1.165) is 25.1 Å². The molecule has 1 rings (SSSR count). The molecule has 0 heterocycles. The van der Waals surface area contributed by atoms with Gasteiger partial charge in [0.1, 0.15) is 12.4 Å². The van der Waals surface area contributed by atoms with Gasteiger partial charge in [0, 0.05) is 12.6 Å². The maximum Gasteiger partial charge on any atom is 0.243 e. The molecule has 5 nitrogen and oxygen atoms in total. The third-order valence-corrected chi connectivity index (χ3v) is 3.01. The highest BCUT2D eigenvalue weighted by Gasteiger charge is 2.02. The first-order valence-electron chi connectivity index (χ1n) is 6.84. The van der Waals surface area contributed by atoms with Gasteiger partial charge in [-0.05, 0) is 37.5 Å². The van der Waals surface area contributed by atoms with E-state index in [4.69, 9.17) is 15.2 Å². The van der Waals surface area contributed by atoms with Gasteiger partial charge in [0.15, 0.2) is 0 Å². The first kappa shape index (κ1) is 16.5. The normalized spacial score (nSPS) is 12.1. The number of hydrogen-bond acceptors (Lipinski definition) is 4. The van der Waals surface area contributed by atoms with Crippen LogP contribution in [0.15, 0.2) is 24.3 Å². The Morgan fingerprint density at radius 1 is 1.35 bits per heavy atom. The summed E-state index contributed by atoms with van der Waals surface area (Å²) in [5, 5.41) is 3.35. The molecule has 0 aliphatic rings. The van der Waals surface area contributed by atoms with Gasteiger partial charge in [0.2, 0.25) is 5.91 Å². The third-order valence-electron chi connectivity index (χ3n) is 3.01. The Morgan fingerprint density at radius 3 is 2.65 bits per heavy atom. The number of primary amides is 1. The van der Waals surface area contributed by atoms with Crippen molar-refractivity contribution in [3.63, 3.8) is 0 Å². The second kappa shape index (κ2) is 9.34. The van der Waals surface area contributed by atoms with Gasteiger partial charge < -0.3 is 20.5 Å². The number of ether oxygens (including phenoxy) is 2. The zero-order chi connectivity index (χ0) is 14.8. The van der Waals surface area contributed by atoms with E-state index in [1.54, 1.807) is 7.11 Å². The van der Waals surface area contributed by atoms with Crippen LogP contribution < -0.4 is 15.8 Å². The second-order valence-corrected chi connectivity index (χ2v) is 4.76. The van der Waals surface area contributed by atoms with Crippen molar-refractivity contribution in [2.24, 2.45) is 5.73 Å². The predicted molar refractivity (Wildman–Crippen MR) is 78.8 cm³/mol. The quantitative estimate of drug-likeness (QED) is 0.630. The summed E-state index contributed by atoms with van der Waals surface area (Å²) in [6.45, 7) is 3.34. The number of carbonyl (C=O) groups excluding carboxylic acids is 1. The zero-order valence-corrected chi connectivity index (χ0v) is 12.2. The Balaban J connectivity index is 2.12. The van der Waals surface area contributed by atoms with Gasteiger partial charge in [-0.25, -0.2) is 0 Å². The fourth-order valence-electron chi connectivity index (χ4n) is 1.83. The number of nitrogens with two attached hydrogens (primary N) is 1. The fraction of sp³-hybridized carbons (Fsp3) is 0.533. The largest absolute Gasteiger partial charge is 0.497 e. The number of hydrogen-bond donors (Lipinski definition) is 2. The molecule has 1 aromatic carbocycles. The molecular weight excluding hydrogens is 256 g/mol. The molecule has 0 fully saturated rings. The van der Waals surface area contributed by atoms with E-state index in [1.165, 1.54) is 5.56 Å². The van der Waals surface area contributed by atoms with E-state index in [-0.39, 0.29) is 6.61 Å². The number of carbonyl (C=O) groups is 1. The molecule has 0 aliphatic carbocycles. The molecule has 0 saturated carbocycles. The molecule has 112 valence electrons. The van der Waals surface area contributed by atoms with Gasteiger partial charge in [0.05, 0.1) is 13.7 Å². The molecule has 1 atom stereocenters. The molecule has 0 radical (unpaired) electrons. The lowest BCUT2D eigenvalue weighted by molar-refractivity contribution is -0.122. The van der Waals surface area contributed by atoms with Gasteiger partial charge >= 0.3 is 0 Å². The number of amides is 1. The van der Waals surface area contributed by atoms with E-state index in [0.29, 0.717) is 12.6 Å². The Kier molecular flexibility index (Phi) is 7.69. The molecule has 1 unspecified atom stereocenters. The van der Waals surface area contributed by atoms with Gasteiger partial charge in [-0.15, -0.1) is 0 Å². The summed E-state index contributed by atoms with van der Waals surface area (Å²) in [5.74, 6) is 0.448. The van der Waals surface area contributed by atoms with Crippen molar-refractivity contribution in [3.05, 3.63) is 29.8 Å². The standard InChI is InChI=1S/C15H24N2O3/c1-12(17-9-10-20-11-15(16)18)3-4-13-5-7-14(19-2)8-6-13/h5-8,12,17H,3-4,9-11H2,1-2H3,(H2,16,18). The van der Waals surface area contributed by atoms with E-state index < -0.39 is 5.91 Å². The maximum absolute atomic E-state index is 10.5. The SMILES string of the molecule is COc1ccc(CCC(C)NCCOCC(N)=O)cc1. The topological polar surface area (TPSA) is 73.6 Å². The van der Waals surface area contributed by atoms with Crippen LogP contribution in [0.5, 0.6) is 5.75 Å². The summed E-state index contributed by atoms with van der Waals surface area (Å²) in [5.41, 5.74) is 6.27. The van der Waals surface area contributed by atoms with E-state index >= 15 is 0 Å². The molecule has 0 aliphatic heterocycles. The molecule has 0 aromatic heterocycles. The first-order chi connectivity index (χ1) is 9.61. The van der Waals surface area contributed by atoms with Gasteiger partial charge in [-0.1, -0.05) is 12.1 Å². The number of rotatable bonds is 10.